The third-order valence-electron chi connectivity index (χ3n) is 3.22. The van der Waals surface area contributed by atoms with Crippen LogP contribution in [0.1, 0.15) is 5.56 Å². The highest BCUT2D eigenvalue weighted by Crippen LogP contribution is 2.12. The largest absolute Gasteiger partial charge is 0.339 e. The van der Waals surface area contributed by atoms with Gasteiger partial charge in [-0.3, -0.25) is 9.69 Å². The van der Waals surface area contributed by atoms with E-state index < -0.39 is 0 Å². The van der Waals surface area contributed by atoms with Gasteiger partial charge in [0.15, 0.2) is 0 Å². The Balaban J connectivity index is 1.83. The number of hydrogen-bond acceptors (Lipinski definition) is 3. The summed E-state index contributed by atoms with van der Waals surface area (Å²) >= 11 is 5.85. The van der Waals surface area contributed by atoms with E-state index in [-0.39, 0.29) is 12.5 Å². The average molecular weight is 268 g/mol. The van der Waals surface area contributed by atoms with Crippen molar-refractivity contribution in [1.82, 2.24) is 9.80 Å². The van der Waals surface area contributed by atoms with Gasteiger partial charge >= 0.3 is 0 Å². The van der Waals surface area contributed by atoms with E-state index in [2.05, 4.69) is 4.90 Å². The smallest absolute Gasteiger partial charge is 0.236 e. The average Bonchev–Trinajstić information content (AvgIpc) is 2.41. The van der Waals surface area contributed by atoms with Gasteiger partial charge < -0.3 is 10.6 Å². The van der Waals surface area contributed by atoms with Crippen LogP contribution in [-0.2, 0) is 11.3 Å². The Labute approximate surface area is 112 Å². The number of nitrogens with two attached hydrogens (primary N) is 1. The molecule has 4 nitrogen and oxygen atoms in total. The van der Waals surface area contributed by atoms with Crippen LogP contribution in [-0.4, -0.2) is 48.4 Å². The van der Waals surface area contributed by atoms with Gasteiger partial charge in [-0.2, -0.15) is 0 Å². The molecule has 1 aromatic carbocycles. The fourth-order valence-corrected chi connectivity index (χ4v) is 2.26. The number of nitrogens with zero attached hydrogens (tertiary/aromatic N) is 2. The van der Waals surface area contributed by atoms with Crippen LogP contribution in [0.3, 0.4) is 0 Å². The summed E-state index contributed by atoms with van der Waals surface area (Å²) in [5, 5.41) is 0.761. The summed E-state index contributed by atoms with van der Waals surface area (Å²) in [5.74, 6) is 0.0427. The Morgan fingerprint density at radius 3 is 2.33 bits per heavy atom. The fourth-order valence-electron chi connectivity index (χ4n) is 2.13. The van der Waals surface area contributed by atoms with Crippen molar-refractivity contribution in [2.45, 2.75) is 6.54 Å². The summed E-state index contributed by atoms with van der Waals surface area (Å²) in [6, 6.07) is 7.90. The predicted octanol–water partition coefficient (Wildman–Crippen LogP) is 0.943. The minimum atomic E-state index is 0.0427. The number of benzene rings is 1. The molecule has 2 rings (SSSR count). The lowest BCUT2D eigenvalue weighted by atomic mass is 10.2. The van der Waals surface area contributed by atoms with Crippen LogP contribution in [0, 0.1) is 0 Å². The lowest BCUT2D eigenvalue weighted by Gasteiger charge is -2.34. The van der Waals surface area contributed by atoms with Crippen molar-refractivity contribution in [2.75, 3.05) is 32.7 Å². The van der Waals surface area contributed by atoms with Gasteiger partial charge in [0, 0.05) is 37.7 Å². The summed E-state index contributed by atoms with van der Waals surface area (Å²) in [6.07, 6.45) is 0. The number of hydrogen-bond donors (Lipinski definition) is 1. The number of amides is 1. The van der Waals surface area contributed by atoms with Gasteiger partial charge in [-0.1, -0.05) is 23.7 Å². The second-order valence-electron chi connectivity index (χ2n) is 4.49. The van der Waals surface area contributed by atoms with Crippen molar-refractivity contribution in [3.63, 3.8) is 0 Å². The normalized spacial score (nSPS) is 16.9. The van der Waals surface area contributed by atoms with E-state index >= 15 is 0 Å². The lowest BCUT2D eigenvalue weighted by molar-refractivity contribution is -0.131. The summed E-state index contributed by atoms with van der Waals surface area (Å²) in [6.45, 7) is 4.34. The van der Waals surface area contributed by atoms with Crippen LogP contribution < -0.4 is 5.73 Å². The van der Waals surface area contributed by atoms with Gasteiger partial charge in [-0.05, 0) is 17.7 Å². The first-order valence-corrected chi connectivity index (χ1v) is 6.51. The molecule has 1 aromatic rings. The van der Waals surface area contributed by atoms with E-state index in [4.69, 9.17) is 17.3 Å². The third-order valence-corrected chi connectivity index (χ3v) is 3.47. The van der Waals surface area contributed by atoms with E-state index in [1.54, 1.807) is 0 Å². The molecule has 1 saturated heterocycles. The predicted molar refractivity (Wildman–Crippen MR) is 72.4 cm³/mol. The molecular weight excluding hydrogens is 250 g/mol. The van der Waals surface area contributed by atoms with Crippen molar-refractivity contribution in [3.8, 4) is 0 Å². The molecule has 1 aliphatic rings. The molecule has 1 amide bonds. The molecule has 5 heteroatoms. The van der Waals surface area contributed by atoms with E-state index in [0.717, 1.165) is 37.7 Å². The molecule has 0 aliphatic carbocycles. The fraction of sp³-hybridized carbons (Fsp3) is 0.462. The molecule has 0 atom stereocenters. The minimum Gasteiger partial charge on any atom is -0.339 e. The first-order chi connectivity index (χ1) is 8.69. The second-order valence-corrected chi connectivity index (χ2v) is 4.92. The number of halogens is 1. The first kappa shape index (κ1) is 13.3. The molecule has 0 bridgehead atoms. The van der Waals surface area contributed by atoms with E-state index in [0.29, 0.717) is 0 Å². The van der Waals surface area contributed by atoms with Gasteiger partial charge in [-0.15, -0.1) is 0 Å². The molecule has 98 valence electrons. The van der Waals surface area contributed by atoms with E-state index in [1.807, 2.05) is 29.2 Å². The molecule has 1 heterocycles. The zero-order chi connectivity index (χ0) is 13.0. The van der Waals surface area contributed by atoms with Gasteiger partial charge in [0.05, 0.1) is 6.54 Å². The molecule has 0 aromatic heterocycles. The van der Waals surface area contributed by atoms with Crippen molar-refractivity contribution in [3.05, 3.63) is 34.9 Å². The molecule has 18 heavy (non-hydrogen) atoms. The molecule has 1 fully saturated rings. The maximum Gasteiger partial charge on any atom is 0.236 e. The van der Waals surface area contributed by atoms with E-state index in [9.17, 15) is 4.79 Å². The molecule has 2 N–H and O–H groups in total. The van der Waals surface area contributed by atoms with Gasteiger partial charge in [-0.25, -0.2) is 0 Å². The lowest BCUT2D eigenvalue weighted by Crippen LogP contribution is -2.49. The molecule has 0 radical (unpaired) electrons. The summed E-state index contributed by atoms with van der Waals surface area (Å²) in [4.78, 5) is 15.6. The molecule has 0 saturated carbocycles. The van der Waals surface area contributed by atoms with E-state index in [1.165, 1.54) is 5.56 Å². The van der Waals surface area contributed by atoms with Gasteiger partial charge in [0.2, 0.25) is 5.91 Å². The quantitative estimate of drug-likeness (QED) is 0.887. The van der Waals surface area contributed by atoms with Crippen LogP contribution in [0.5, 0.6) is 0 Å². The molecular formula is C13H18ClN3O. The topological polar surface area (TPSA) is 49.6 Å². The Morgan fingerprint density at radius 2 is 1.78 bits per heavy atom. The van der Waals surface area contributed by atoms with Crippen molar-refractivity contribution in [2.24, 2.45) is 5.73 Å². The molecule has 0 spiro atoms. The monoisotopic (exact) mass is 267 g/mol. The first-order valence-electron chi connectivity index (χ1n) is 6.13. The number of carbonyl (C=O) groups is 1. The highest BCUT2D eigenvalue weighted by Gasteiger charge is 2.19. The van der Waals surface area contributed by atoms with Crippen molar-refractivity contribution in [1.29, 1.82) is 0 Å². The second kappa shape index (κ2) is 6.18. The maximum absolute atomic E-state index is 11.4. The zero-order valence-electron chi connectivity index (χ0n) is 10.3. The maximum atomic E-state index is 11.4. The Hall–Kier alpha value is -1.10. The summed E-state index contributed by atoms with van der Waals surface area (Å²) in [7, 11) is 0. The highest BCUT2D eigenvalue weighted by molar-refractivity contribution is 6.30. The Morgan fingerprint density at radius 1 is 1.17 bits per heavy atom. The number of rotatable bonds is 3. The zero-order valence-corrected chi connectivity index (χ0v) is 11.1. The Kier molecular flexibility index (Phi) is 4.58. The van der Waals surface area contributed by atoms with Crippen LogP contribution in [0.15, 0.2) is 24.3 Å². The number of piperazine rings is 1. The minimum absolute atomic E-state index is 0.0427. The van der Waals surface area contributed by atoms with Crippen LogP contribution in [0.2, 0.25) is 5.02 Å². The molecule has 0 unspecified atom stereocenters. The van der Waals surface area contributed by atoms with Crippen molar-refractivity contribution >= 4 is 17.5 Å². The van der Waals surface area contributed by atoms with Gasteiger partial charge in [0.25, 0.3) is 0 Å². The third kappa shape index (κ3) is 3.45. The highest BCUT2D eigenvalue weighted by atomic mass is 35.5. The van der Waals surface area contributed by atoms with Crippen LogP contribution in [0.4, 0.5) is 0 Å². The summed E-state index contributed by atoms with van der Waals surface area (Å²) in [5.41, 5.74) is 6.61. The standard InChI is InChI=1S/C13H18ClN3O/c14-12-3-1-11(2-4-12)10-16-5-7-17(8-6-16)13(18)9-15/h1-4H,5-10,15H2. The Bertz CT molecular complexity index is 399. The van der Waals surface area contributed by atoms with Gasteiger partial charge in [0.1, 0.15) is 0 Å². The summed E-state index contributed by atoms with van der Waals surface area (Å²) < 4.78 is 0. The van der Waals surface area contributed by atoms with Crippen molar-refractivity contribution < 1.29 is 4.79 Å². The molecule has 1 aliphatic heterocycles. The number of carbonyl (C=O) groups excluding carboxylic acids is 1. The van der Waals surface area contributed by atoms with Crippen LogP contribution in [0.25, 0.3) is 0 Å². The SMILES string of the molecule is NCC(=O)N1CCN(Cc2ccc(Cl)cc2)CC1. The van der Waals surface area contributed by atoms with Crippen LogP contribution >= 0.6 is 11.6 Å².